The molecule has 29 heavy (non-hydrogen) atoms. The minimum Gasteiger partial charge on any atom is -0.454 e. The molecule has 0 aromatic heterocycles. The summed E-state index contributed by atoms with van der Waals surface area (Å²) in [7, 11) is 0. The molecule has 2 N–H and O–H groups in total. The van der Waals surface area contributed by atoms with Crippen LogP contribution in [0.5, 0.6) is 11.5 Å². The monoisotopic (exact) mass is 414 g/mol. The van der Waals surface area contributed by atoms with Crippen LogP contribution in [0.15, 0.2) is 47.4 Å². The zero-order valence-electron chi connectivity index (χ0n) is 16.9. The zero-order chi connectivity index (χ0) is 20.8. The van der Waals surface area contributed by atoms with Crippen LogP contribution < -0.4 is 20.1 Å². The van der Waals surface area contributed by atoms with E-state index >= 15 is 0 Å². The number of carbonyl (C=O) groups is 2. The number of nitrogens with one attached hydrogen (secondary N) is 2. The fourth-order valence-corrected chi connectivity index (χ4v) is 3.84. The average molecular weight is 415 g/mol. The van der Waals surface area contributed by atoms with E-state index < -0.39 is 6.04 Å². The Morgan fingerprint density at radius 1 is 1.07 bits per heavy atom. The Balaban J connectivity index is 1.57. The van der Waals surface area contributed by atoms with E-state index in [1.54, 1.807) is 11.8 Å². The number of amides is 2. The molecule has 0 radical (unpaired) electrons. The second kappa shape index (κ2) is 9.69. The summed E-state index contributed by atoms with van der Waals surface area (Å²) in [6.45, 7) is 6.28. The van der Waals surface area contributed by atoms with Crippen LogP contribution in [0.1, 0.15) is 37.8 Å². The van der Waals surface area contributed by atoms with Crippen LogP contribution in [0.25, 0.3) is 0 Å². The molecule has 1 heterocycles. The maximum atomic E-state index is 12.7. The maximum absolute atomic E-state index is 12.7. The van der Waals surface area contributed by atoms with E-state index in [2.05, 4.69) is 48.7 Å². The van der Waals surface area contributed by atoms with E-state index in [1.807, 2.05) is 18.2 Å². The van der Waals surface area contributed by atoms with Crippen molar-refractivity contribution in [3.8, 4) is 11.5 Å². The lowest BCUT2D eigenvalue weighted by Gasteiger charge is -2.17. The second-order valence-electron chi connectivity index (χ2n) is 7.19. The number of benzene rings is 2. The van der Waals surface area contributed by atoms with Crippen LogP contribution in [0.4, 0.5) is 0 Å². The largest absolute Gasteiger partial charge is 0.454 e. The predicted molar refractivity (Wildman–Crippen MR) is 113 cm³/mol. The third kappa shape index (κ3) is 5.90. The van der Waals surface area contributed by atoms with Crippen molar-refractivity contribution in [2.24, 2.45) is 0 Å². The SMILES string of the molecule is CC(=O)NC(CSc1ccc(C(C)C)cc1)C(=O)NCc1ccc2c(c1)OCO2. The summed E-state index contributed by atoms with van der Waals surface area (Å²) in [6.07, 6.45) is 0. The van der Waals surface area contributed by atoms with Gasteiger partial charge in [0, 0.05) is 24.1 Å². The third-order valence-corrected chi connectivity index (χ3v) is 5.67. The van der Waals surface area contributed by atoms with Crippen LogP contribution in [0.3, 0.4) is 0 Å². The molecule has 1 unspecified atom stereocenters. The van der Waals surface area contributed by atoms with Gasteiger partial charge in [-0.05, 0) is 41.3 Å². The Morgan fingerprint density at radius 2 is 1.79 bits per heavy atom. The van der Waals surface area contributed by atoms with Crippen molar-refractivity contribution >= 4 is 23.6 Å². The first kappa shape index (κ1) is 21.0. The smallest absolute Gasteiger partial charge is 0.243 e. The molecule has 0 saturated carbocycles. The molecule has 0 saturated heterocycles. The summed E-state index contributed by atoms with van der Waals surface area (Å²) in [6, 6.07) is 13.2. The fourth-order valence-electron chi connectivity index (χ4n) is 2.92. The van der Waals surface area contributed by atoms with Gasteiger partial charge in [-0.3, -0.25) is 9.59 Å². The molecule has 1 aliphatic rings. The summed E-state index contributed by atoms with van der Waals surface area (Å²) in [5.41, 5.74) is 2.18. The highest BCUT2D eigenvalue weighted by atomic mass is 32.2. The molecular formula is C22H26N2O4S. The Kier molecular flexibility index (Phi) is 7.04. The van der Waals surface area contributed by atoms with E-state index in [1.165, 1.54) is 12.5 Å². The van der Waals surface area contributed by atoms with Crippen LogP contribution >= 0.6 is 11.8 Å². The summed E-state index contributed by atoms with van der Waals surface area (Å²) in [4.78, 5) is 25.3. The van der Waals surface area contributed by atoms with Crippen LogP contribution in [0, 0.1) is 0 Å². The predicted octanol–water partition coefficient (Wildman–Crippen LogP) is 3.45. The van der Waals surface area contributed by atoms with E-state index in [0.29, 0.717) is 29.7 Å². The first-order valence-electron chi connectivity index (χ1n) is 9.58. The van der Waals surface area contributed by atoms with Gasteiger partial charge >= 0.3 is 0 Å². The molecule has 3 rings (SSSR count). The van der Waals surface area contributed by atoms with Crippen molar-refractivity contribution in [2.45, 2.75) is 44.2 Å². The zero-order valence-corrected chi connectivity index (χ0v) is 17.7. The standard InChI is InChI=1S/C22H26N2O4S/c1-14(2)17-5-7-18(8-6-17)29-12-19(24-15(3)25)22(26)23-11-16-4-9-20-21(10-16)28-13-27-20/h4-10,14,19H,11-13H2,1-3H3,(H,23,26)(H,24,25). The van der Waals surface area contributed by atoms with Crippen molar-refractivity contribution in [3.63, 3.8) is 0 Å². The molecule has 1 aliphatic heterocycles. The van der Waals surface area contributed by atoms with Crippen molar-refractivity contribution in [1.29, 1.82) is 0 Å². The van der Waals surface area contributed by atoms with Gasteiger partial charge in [0.2, 0.25) is 18.6 Å². The molecule has 2 amide bonds. The summed E-state index contributed by atoms with van der Waals surface area (Å²) >= 11 is 1.55. The van der Waals surface area contributed by atoms with Gasteiger partial charge in [0.25, 0.3) is 0 Å². The van der Waals surface area contributed by atoms with Gasteiger partial charge in [-0.2, -0.15) is 0 Å². The lowest BCUT2D eigenvalue weighted by atomic mass is 10.0. The Labute approximate surface area is 175 Å². The van der Waals surface area contributed by atoms with E-state index in [9.17, 15) is 9.59 Å². The number of hydrogen-bond donors (Lipinski definition) is 2. The average Bonchev–Trinajstić information content (AvgIpc) is 3.17. The Bertz CT molecular complexity index is 868. The van der Waals surface area contributed by atoms with Gasteiger partial charge in [-0.25, -0.2) is 0 Å². The van der Waals surface area contributed by atoms with Gasteiger partial charge in [-0.15, -0.1) is 11.8 Å². The molecule has 154 valence electrons. The summed E-state index contributed by atoms with van der Waals surface area (Å²) in [5.74, 6) is 1.86. The molecular weight excluding hydrogens is 388 g/mol. The molecule has 2 aromatic rings. The van der Waals surface area contributed by atoms with Gasteiger partial charge in [0.15, 0.2) is 11.5 Å². The third-order valence-electron chi connectivity index (χ3n) is 4.56. The number of thioether (sulfide) groups is 1. The van der Waals surface area contributed by atoms with Crippen molar-refractivity contribution in [2.75, 3.05) is 12.5 Å². The lowest BCUT2D eigenvalue weighted by Crippen LogP contribution is -2.47. The molecule has 0 aliphatic carbocycles. The Hall–Kier alpha value is -2.67. The minimum atomic E-state index is -0.615. The van der Waals surface area contributed by atoms with Crippen molar-refractivity contribution in [1.82, 2.24) is 10.6 Å². The quantitative estimate of drug-likeness (QED) is 0.647. The van der Waals surface area contributed by atoms with E-state index in [4.69, 9.17) is 9.47 Å². The van der Waals surface area contributed by atoms with Gasteiger partial charge in [-0.1, -0.05) is 32.0 Å². The molecule has 0 bridgehead atoms. The summed E-state index contributed by atoms with van der Waals surface area (Å²) in [5, 5.41) is 5.63. The molecule has 6 nitrogen and oxygen atoms in total. The van der Waals surface area contributed by atoms with Crippen LogP contribution in [0.2, 0.25) is 0 Å². The second-order valence-corrected chi connectivity index (χ2v) is 8.29. The highest BCUT2D eigenvalue weighted by molar-refractivity contribution is 7.99. The van der Waals surface area contributed by atoms with Crippen LogP contribution in [-0.4, -0.2) is 30.4 Å². The van der Waals surface area contributed by atoms with Gasteiger partial charge in [0.1, 0.15) is 6.04 Å². The van der Waals surface area contributed by atoms with E-state index in [-0.39, 0.29) is 18.6 Å². The minimum absolute atomic E-state index is 0.213. The van der Waals surface area contributed by atoms with Crippen molar-refractivity contribution in [3.05, 3.63) is 53.6 Å². The van der Waals surface area contributed by atoms with Gasteiger partial charge < -0.3 is 20.1 Å². The lowest BCUT2D eigenvalue weighted by molar-refractivity contribution is -0.127. The molecule has 0 spiro atoms. The van der Waals surface area contributed by atoms with E-state index in [0.717, 1.165) is 10.5 Å². The fraction of sp³-hybridized carbons (Fsp3) is 0.364. The molecule has 1 atom stereocenters. The molecule has 2 aromatic carbocycles. The van der Waals surface area contributed by atoms with Gasteiger partial charge in [0.05, 0.1) is 0 Å². The highest BCUT2D eigenvalue weighted by Gasteiger charge is 2.20. The number of rotatable bonds is 8. The maximum Gasteiger partial charge on any atom is 0.243 e. The number of fused-ring (bicyclic) bond motifs is 1. The molecule has 7 heteroatoms. The van der Waals surface area contributed by atoms with Crippen LogP contribution in [-0.2, 0) is 16.1 Å². The number of carbonyl (C=O) groups excluding carboxylic acids is 2. The van der Waals surface area contributed by atoms with Crippen molar-refractivity contribution < 1.29 is 19.1 Å². The highest BCUT2D eigenvalue weighted by Crippen LogP contribution is 2.32. The first-order valence-corrected chi connectivity index (χ1v) is 10.6. The number of ether oxygens (including phenoxy) is 2. The summed E-state index contributed by atoms with van der Waals surface area (Å²) < 4.78 is 10.7. The Morgan fingerprint density at radius 3 is 2.48 bits per heavy atom. The first-order chi connectivity index (χ1) is 13.9. The molecule has 0 fully saturated rings. The normalized spacial score (nSPS) is 13.2. The topological polar surface area (TPSA) is 76.7 Å². The number of hydrogen-bond acceptors (Lipinski definition) is 5.